The molecule has 4 aromatic rings. The summed E-state index contributed by atoms with van der Waals surface area (Å²) in [5, 5.41) is 3.43. The van der Waals surface area contributed by atoms with Crippen molar-refractivity contribution >= 4 is 5.97 Å². The second kappa shape index (κ2) is 10.5. The Morgan fingerprint density at radius 2 is 1.36 bits per heavy atom. The van der Waals surface area contributed by atoms with Gasteiger partial charge in [0.2, 0.25) is 0 Å². The summed E-state index contributed by atoms with van der Waals surface area (Å²) >= 11 is 0. The van der Waals surface area contributed by atoms with Crippen molar-refractivity contribution in [3.8, 4) is 11.1 Å². The van der Waals surface area contributed by atoms with E-state index in [0.717, 1.165) is 27.8 Å². The van der Waals surface area contributed by atoms with Crippen LogP contribution in [-0.4, -0.2) is 18.1 Å². The molecule has 2 unspecified atom stereocenters. The third-order valence-corrected chi connectivity index (χ3v) is 5.83. The van der Waals surface area contributed by atoms with Crippen LogP contribution < -0.4 is 0 Å². The monoisotopic (exact) mass is 436 g/mol. The molecular formula is C28H24N2O3. The Morgan fingerprint density at radius 1 is 0.788 bits per heavy atom. The van der Waals surface area contributed by atoms with Crippen molar-refractivity contribution in [1.29, 1.82) is 0 Å². The third-order valence-electron chi connectivity index (χ3n) is 5.83. The molecule has 1 heterocycles. The van der Waals surface area contributed by atoms with Gasteiger partial charge in [0.25, 0.3) is 0 Å². The van der Waals surface area contributed by atoms with E-state index in [2.05, 4.69) is 46.6 Å². The lowest BCUT2D eigenvalue weighted by Gasteiger charge is -2.21. The first-order valence-electron chi connectivity index (χ1n) is 10.8. The molecule has 0 spiro atoms. The van der Waals surface area contributed by atoms with Crippen molar-refractivity contribution < 1.29 is 9.53 Å². The highest BCUT2D eigenvalue weighted by Crippen LogP contribution is 2.36. The number of benzene rings is 3. The van der Waals surface area contributed by atoms with E-state index >= 15 is 0 Å². The van der Waals surface area contributed by atoms with Crippen molar-refractivity contribution in [2.24, 2.45) is 5.18 Å². The Labute approximate surface area is 193 Å². The number of hydrogen-bond donors (Lipinski definition) is 0. The SMILES string of the molecule is COC(=O)c1ccc(-c2ccc(C(CC(N=O)c3ccncc3)c3ccccc3)cc2)cc1. The van der Waals surface area contributed by atoms with Gasteiger partial charge in [-0.1, -0.05) is 71.9 Å². The van der Waals surface area contributed by atoms with Crippen LogP contribution in [0.15, 0.2) is 109 Å². The summed E-state index contributed by atoms with van der Waals surface area (Å²) in [6, 6.07) is 29.0. The molecule has 4 rings (SSSR count). The second-order valence-corrected chi connectivity index (χ2v) is 7.79. The largest absolute Gasteiger partial charge is 0.465 e. The minimum absolute atomic E-state index is 0.0119. The molecule has 0 N–H and O–H groups in total. The number of methoxy groups -OCH3 is 1. The second-order valence-electron chi connectivity index (χ2n) is 7.79. The average molecular weight is 437 g/mol. The van der Waals surface area contributed by atoms with E-state index in [-0.39, 0.29) is 11.9 Å². The van der Waals surface area contributed by atoms with Crippen molar-refractivity contribution in [2.75, 3.05) is 7.11 Å². The summed E-state index contributed by atoms with van der Waals surface area (Å²) in [5.74, 6) is -0.340. The molecule has 0 saturated carbocycles. The maximum absolute atomic E-state index is 11.7. The maximum Gasteiger partial charge on any atom is 0.337 e. The van der Waals surface area contributed by atoms with E-state index in [1.807, 2.05) is 42.5 Å². The lowest BCUT2D eigenvalue weighted by molar-refractivity contribution is 0.0601. The molecule has 0 fully saturated rings. The van der Waals surface area contributed by atoms with Gasteiger partial charge in [-0.3, -0.25) is 4.98 Å². The first-order chi connectivity index (χ1) is 16.2. The van der Waals surface area contributed by atoms with Crippen LogP contribution in [0.1, 0.15) is 45.4 Å². The van der Waals surface area contributed by atoms with Crippen LogP contribution in [0, 0.1) is 4.91 Å². The number of pyridine rings is 1. The van der Waals surface area contributed by atoms with Crippen LogP contribution in [0.25, 0.3) is 11.1 Å². The summed E-state index contributed by atoms with van der Waals surface area (Å²) in [7, 11) is 1.37. The molecule has 0 aliphatic heterocycles. The average Bonchev–Trinajstić information content (AvgIpc) is 2.90. The van der Waals surface area contributed by atoms with Gasteiger partial charge in [0, 0.05) is 18.3 Å². The van der Waals surface area contributed by atoms with Crippen LogP contribution in [0.5, 0.6) is 0 Å². The maximum atomic E-state index is 11.7. The zero-order valence-electron chi connectivity index (χ0n) is 18.3. The van der Waals surface area contributed by atoms with Gasteiger partial charge in [-0.2, -0.15) is 4.91 Å². The van der Waals surface area contributed by atoms with Gasteiger partial charge in [-0.15, -0.1) is 0 Å². The van der Waals surface area contributed by atoms with Gasteiger partial charge < -0.3 is 4.74 Å². The van der Waals surface area contributed by atoms with Crippen molar-refractivity contribution in [2.45, 2.75) is 18.4 Å². The summed E-state index contributed by atoms with van der Waals surface area (Å²) in [6.45, 7) is 0. The molecule has 0 saturated heterocycles. The molecule has 5 nitrogen and oxygen atoms in total. The highest BCUT2D eigenvalue weighted by Gasteiger charge is 2.22. The quantitative estimate of drug-likeness (QED) is 0.231. The standard InChI is InChI=1S/C28H24N2O3/c1-33-28(31)25-13-9-21(10-14-25)20-7-11-23(12-8-20)26(22-5-3-2-4-6-22)19-27(30-32)24-15-17-29-18-16-24/h2-18,26-27H,19H2,1H3. The topological polar surface area (TPSA) is 68.6 Å². The third kappa shape index (κ3) is 5.21. The van der Waals surface area contributed by atoms with Gasteiger partial charge >= 0.3 is 5.97 Å². The molecule has 5 heteroatoms. The predicted molar refractivity (Wildman–Crippen MR) is 129 cm³/mol. The molecule has 0 radical (unpaired) electrons. The summed E-state index contributed by atoms with van der Waals surface area (Å²) in [6.07, 6.45) is 3.93. The van der Waals surface area contributed by atoms with E-state index < -0.39 is 6.04 Å². The number of hydrogen-bond acceptors (Lipinski definition) is 5. The predicted octanol–water partition coefficient (Wildman–Crippen LogP) is 6.56. The Hall–Kier alpha value is -4.12. The molecule has 0 bridgehead atoms. The van der Waals surface area contributed by atoms with Gasteiger partial charge in [0.1, 0.15) is 6.04 Å². The summed E-state index contributed by atoms with van der Waals surface area (Å²) in [4.78, 5) is 27.5. The van der Waals surface area contributed by atoms with E-state index in [9.17, 15) is 9.70 Å². The van der Waals surface area contributed by atoms with Crippen LogP contribution in [-0.2, 0) is 4.74 Å². The van der Waals surface area contributed by atoms with Crippen LogP contribution >= 0.6 is 0 Å². The fourth-order valence-electron chi connectivity index (χ4n) is 4.02. The number of nitrogens with zero attached hydrogens (tertiary/aromatic N) is 2. The highest BCUT2D eigenvalue weighted by atomic mass is 16.5. The normalized spacial score (nSPS) is 12.5. The molecule has 0 aliphatic carbocycles. The Morgan fingerprint density at radius 3 is 1.94 bits per heavy atom. The molecule has 1 aromatic heterocycles. The lowest BCUT2D eigenvalue weighted by atomic mass is 9.84. The van der Waals surface area contributed by atoms with Crippen LogP contribution in [0.4, 0.5) is 0 Å². The molecular weight excluding hydrogens is 412 g/mol. The lowest BCUT2D eigenvalue weighted by Crippen LogP contribution is -2.07. The molecule has 2 atom stereocenters. The zero-order chi connectivity index (χ0) is 23.0. The number of ether oxygens (including phenoxy) is 1. The van der Waals surface area contributed by atoms with Gasteiger partial charge in [-0.25, -0.2) is 4.79 Å². The van der Waals surface area contributed by atoms with Crippen LogP contribution in [0.2, 0.25) is 0 Å². The Bertz CT molecular complexity index is 1190. The number of aromatic nitrogens is 1. The molecule has 33 heavy (non-hydrogen) atoms. The van der Waals surface area contributed by atoms with E-state index in [4.69, 9.17) is 4.74 Å². The first-order valence-corrected chi connectivity index (χ1v) is 10.8. The van der Waals surface area contributed by atoms with Crippen molar-refractivity contribution in [1.82, 2.24) is 4.98 Å². The van der Waals surface area contributed by atoms with E-state index in [1.54, 1.807) is 24.5 Å². The minimum atomic E-state index is -0.469. The zero-order valence-corrected chi connectivity index (χ0v) is 18.3. The molecule has 3 aromatic carbocycles. The fraction of sp³-hybridized carbons (Fsp3) is 0.143. The summed E-state index contributed by atoms with van der Waals surface area (Å²) < 4.78 is 4.77. The fourth-order valence-corrected chi connectivity index (χ4v) is 4.02. The first kappa shape index (κ1) is 22.1. The number of esters is 1. The molecule has 0 aliphatic rings. The van der Waals surface area contributed by atoms with E-state index in [1.165, 1.54) is 7.11 Å². The van der Waals surface area contributed by atoms with Crippen LogP contribution in [0.3, 0.4) is 0 Å². The number of carbonyl (C=O) groups excluding carboxylic acids is 1. The molecule has 0 amide bonds. The van der Waals surface area contributed by atoms with Crippen molar-refractivity contribution in [3.63, 3.8) is 0 Å². The number of rotatable bonds is 8. The van der Waals surface area contributed by atoms with Crippen molar-refractivity contribution in [3.05, 3.63) is 131 Å². The smallest absolute Gasteiger partial charge is 0.337 e. The van der Waals surface area contributed by atoms with Gasteiger partial charge in [0.05, 0.1) is 12.7 Å². The number of carbonyl (C=O) groups is 1. The highest BCUT2D eigenvalue weighted by molar-refractivity contribution is 5.89. The Kier molecular flexibility index (Phi) is 7.00. The number of nitroso groups, excluding NO2 is 1. The minimum Gasteiger partial charge on any atom is -0.465 e. The Balaban J connectivity index is 1.62. The van der Waals surface area contributed by atoms with Gasteiger partial charge in [-0.05, 0) is 58.5 Å². The van der Waals surface area contributed by atoms with Gasteiger partial charge in [0.15, 0.2) is 0 Å². The summed E-state index contributed by atoms with van der Waals surface area (Å²) in [5.41, 5.74) is 5.68. The van der Waals surface area contributed by atoms with E-state index in [0.29, 0.717) is 12.0 Å². The molecule has 164 valence electrons.